The standard InChI is InChI=1S/C22H31N3O2/c1-13-5-4-6-19(14(13)2)23-15(3)20(26)24-21(27)25-22-10-16-7-17(11-22)9-18(8-16)12-22/h4-6,15-18,23H,7-12H2,1-3H3,(H2,24,25,26,27)/t15-,16?,17?,18?,22?/m0/s1. The zero-order chi connectivity index (χ0) is 19.2. The van der Waals surface area contributed by atoms with Gasteiger partial charge in [-0.15, -0.1) is 0 Å². The molecular weight excluding hydrogens is 338 g/mol. The molecule has 5 heteroatoms. The molecule has 3 N–H and O–H groups in total. The van der Waals surface area contributed by atoms with Crippen LogP contribution in [0.2, 0.25) is 0 Å². The first kappa shape index (κ1) is 18.3. The highest BCUT2D eigenvalue weighted by molar-refractivity contribution is 5.98. The minimum Gasteiger partial charge on any atom is -0.374 e. The lowest BCUT2D eigenvalue weighted by atomic mass is 9.53. The molecule has 0 unspecified atom stereocenters. The van der Waals surface area contributed by atoms with Crippen LogP contribution in [-0.4, -0.2) is 23.5 Å². The zero-order valence-electron chi connectivity index (χ0n) is 16.6. The van der Waals surface area contributed by atoms with Crippen molar-refractivity contribution in [2.75, 3.05) is 5.32 Å². The van der Waals surface area contributed by atoms with Crippen molar-refractivity contribution in [2.45, 2.75) is 70.9 Å². The first-order valence-corrected chi connectivity index (χ1v) is 10.3. The van der Waals surface area contributed by atoms with Crippen molar-refractivity contribution in [2.24, 2.45) is 17.8 Å². The first-order chi connectivity index (χ1) is 12.8. The topological polar surface area (TPSA) is 70.2 Å². The van der Waals surface area contributed by atoms with Gasteiger partial charge in [0.25, 0.3) is 0 Å². The number of nitrogens with one attached hydrogen (secondary N) is 3. The third kappa shape index (κ3) is 3.69. The average Bonchev–Trinajstić information content (AvgIpc) is 2.57. The number of aryl methyl sites for hydroxylation is 1. The Morgan fingerprint density at radius 1 is 1.04 bits per heavy atom. The van der Waals surface area contributed by atoms with Crippen LogP contribution in [0.3, 0.4) is 0 Å². The second-order valence-corrected chi connectivity index (χ2v) is 9.25. The average molecular weight is 370 g/mol. The third-order valence-electron chi connectivity index (χ3n) is 7.02. The molecule has 3 amide bonds. The van der Waals surface area contributed by atoms with Crippen LogP contribution in [0.5, 0.6) is 0 Å². The van der Waals surface area contributed by atoms with Gasteiger partial charge in [-0.25, -0.2) is 4.79 Å². The van der Waals surface area contributed by atoms with Crippen molar-refractivity contribution in [3.8, 4) is 0 Å². The molecule has 0 radical (unpaired) electrons. The molecule has 146 valence electrons. The number of imide groups is 1. The van der Waals surface area contributed by atoms with Crippen LogP contribution in [0.1, 0.15) is 56.6 Å². The van der Waals surface area contributed by atoms with Gasteiger partial charge in [0.1, 0.15) is 6.04 Å². The van der Waals surface area contributed by atoms with Gasteiger partial charge in [-0.05, 0) is 94.2 Å². The van der Waals surface area contributed by atoms with E-state index in [-0.39, 0.29) is 17.5 Å². The normalized spacial score (nSPS) is 32.0. The van der Waals surface area contributed by atoms with E-state index in [1.807, 2.05) is 32.0 Å². The highest BCUT2D eigenvalue weighted by Crippen LogP contribution is 2.55. The summed E-state index contributed by atoms with van der Waals surface area (Å²) in [7, 11) is 0. The Morgan fingerprint density at radius 3 is 2.22 bits per heavy atom. The number of urea groups is 1. The van der Waals surface area contributed by atoms with E-state index in [1.165, 1.54) is 24.8 Å². The minimum atomic E-state index is -0.479. The van der Waals surface area contributed by atoms with Gasteiger partial charge in [-0.2, -0.15) is 0 Å². The lowest BCUT2D eigenvalue weighted by Crippen LogP contribution is -2.62. The number of hydrogen-bond donors (Lipinski definition) is 3. The van der Waals surface area contributed by atoms with Gasteiger partial charge in [0.2, 0.25) is 5.91 Å². The van der Waals surface area contributed by atoms with E-state index in [0.29, 0.717) is 0 Å². The molecule has 5 nitrogen and oxygen atoms in total. The summed E-state index contributed by atoms with van der Waals surface area (Å²) in [5.41, 5.74) is 3.14. The molecule has 5 rings (SSSR count). The van der Waals surface area contributed by atoms with E-state index in [2.05, 4.69) is 16.0 Å². The number of rotatable bonds is 4. The van der Waals surface area contributed by atoms with Gasteiger partial charge in [-0.3, -0.25) is 10.1 Å². The highest BCUT2D eigenvalue weighted by atomic mass is 16.2. The molecule has 0 aromatic heterocycles. The van der Waals surface area contributed by atoms with Crippen molar-refractivity contribution in [3.05, 3.63) is 29.3 Å². The fourth-order valence-electron chi connectivity index (χ4n) is 5.96. The number of hydrogen-bond acceptors (Lipinski definition) is 3. The molecule has 4 aliphatic rings. The third-order valence-corrected chi connectivity index (χ3v) is 7.02. The molecule has 27 heavy (non-hydrogen) atoms. The van der Waals surface area contributed by atoms with Crippen molar-refractivity contribution >= 4 is 17.6 Å². The van der Waals surface area contributed by atoms with Gasteiger partial charge in [0.15, 0.2) is 0 Å². The summed E-state index contributed by atoms with van der Waals surface area (Å²) < 4.78 is 0. The highest BCUT2D eigenvalue weighted by Gasteiger charge is 2.51. The molecule has 1 atom stereocenters. The second kappa shape index (κ2) is 6.84. The molecule has 4 fully saturated rings. The van der Waals surface area contributed by atoms with Crippen LogP contribution in [0, 0.1) is 31.6 Å². The molecule has 1 aromatic carbocycles. The van der Waals surface area contributed by atoms with Gasteiger partial charge >= 0.3 is 6.03 Å². The Hall–Kier alpha value is -2.04. The number of carbonyl (C=O) groups excluding carboxylic acids is 2. The largest absolute Gasteiger partial charge is 0.374 e. The number of anilines is 1. The van der Waals surface area contributed by atoms with Crippen molar-refractivity contribution in [1.29, 1.82) is 0 Å². The molecule has 0 heterocycles. The summed E-state index contributed by atoms with van der Waals surface area (Å²) in [6.07, 6.45) is 7.24. The molecule has 0 saturated heterocycles. The SMILES string of the molecule is Cc1cccc(N[C@@H](C)C(=O)NC(=O)NC23CC4CC(CC(C4)C2)C3)c1C. The van der Waals surface area contributed by atoms with Crippen LogP contribution >= 0.6 is 0 Å². The van der Waals surface area contributed by atoms with E-state index in [0.717, 1.165) is 48.3 Å². The maximum absolute atomic E-state index is 12.5. The maximum Gasteiger partial charge on any atom is 0.321 e. The molecule has 1 aromatic rings. The van der Waals surface area contributed by atoms with E-state index in [1.54, 1.807) is 6.92 Å². The van der Waals surface area contributed by atoms with Gasteiger partial charge in [0.05, 0.1) is 0 Å². The molecule has 4 bridgehead atoms. The second-order valence-electron chi connectivity index (χ2n) is 9.25. The van der Waals surface area contributed by atoms with Crippen molar-refractivity contribution < 1.29 is 9.59 Å². The first-order valence-electron chi connectivity index (χ1n) is 10.3. The number of benzene rings is 1. The number of carbonyl (C=O) groups is 2. The summed E-state index contributed by atoms with van der Waals surface area (Å²) in [4.78, 5) is 25.1. The molecule has 0 aliphatic heterocycles. The maximum atomic E-state index is 12.5. The van der Waals surface area contributed by atoms with Gasteiger partial charge in [-0.1, -0.05) is 12.1 Å². The van der Waals surface area contributed by atoms with Gasteiger partial charge in [0, 0.05) is 11.2 Å². The van der Waals surface area contributed by atoms with E-state index < -0.39 is 6.04 Å². The summed E-state index contributed by atoms with van der Waals surface area (Å²) >= 11 is 0. The lowest BCUT2D eigenvalue weighted by Gasteiger charge is -2.56. The van der Waals surface area contributed by atoms with Crippen LogP contribution < -0.4 is 16.0 Å². The number of amides is 3. The summed E-state index contributed by atoms with van der Waals surface area (Å²) in [6.45, 7) is 5.86. The lowest BCUT2D eigenvalue weighted by molar-refractivity contribution is -0.120. The smallest absolute Gasteiger partial charge is 0.321 e. The monoisotopic (exact) mass is 369 g/mol. The van der Waals surface area contributed by atoms with Gasteiger partial charge < -0.3 is 10.6 Å². The molecule has 4 aliphatic carbocycles. The van der Waals surface area contributed by atoms with Crippen LogP contribution in [0.15, 0.2) is 18.2 Å². The molecular formula is C22H31N3O2. The Balaban J connectivity index is 1.34. The Bertz CT molecular complexity index is 723. The van der Waals surface area contributed by atoms with Crippen LogP contribution in [0.25, 0.3) is 0 Å². The fraction of sp³-hybridized carbons (Fsp3) is 0.636. The molecule has 0 spiro atoms. The summed E-state index contributed by atoms with van der Waals surface area (Å²) in [6, 6.07) is 5.16. The summed E-state index contributed by atoms with van der Waals surface area (Å²) in [5, 5.41) is 8.98. The minimum absolute atomic E-state index is 0.0804. The Kier molecular flexibility index (Phi) is 4.65. The Labute approximate surface area is 161 Å². The molecule has 4 saturated carbocycles. The summed E-state index contributed by atoms with van der Waals surface area (Å²) in [5.74, 6) is 1.99. The quantitative estimate of drug-likeness (QED) is 0.754. The Morgan fingerprint density at radius 2 is 1.63 bits per heavy atom. The zero-order valence-corrected chi connectivity index (χ0v) is 16.6. The predicted molar refractivity (Wildman–Crippen MR) is 107 cm³/mol. The van der Waals surface area contributed by atoms with Crippen LogP contribution in [0.4, 0.5) is 10.5 Å². The van der Waals surface area contributed by atoms with E-state index >= 15 is 0 Å². The van der Waals surface area contributed by atoms with Crippen molar-refractivity contribution in [1.82, 2.24) is 10.6 Å². The van der Waals surface area contributed by atoms with Crippen LogP contribution in [-0.2, 0) is 4.79 Å². The predicted octanol–water partition coefficient (Wildman–Crippen LogP) is 3.90. The van der Waals surface area contributed by atoms with E-state index in [9.17, 15) is 9.59 Å². The van der Waals surface area contributed by atoms with Crippen molar-refractivity contribution in [3.63, 3.8) is 0 Å². The fourth-order valence-corrected chi connectivity index (χ4v) is 5.96. The van der Waals surface area contributed by atoms with E-state index in [4.69, 9.17) is 0 Å².